The number of anilines is 1. The lowest BCUT2D eigenvalue weighted by Crippen LogP contribution is -2.35. The Morgan fingerprint density at radius 1 is 1.04 bits per heavy atom. The number of rotatable bonds is 12. The van der Waals surface area contributed by atoms with E-state index in [1.807, 2.05) is 25.7 Å². The van der Waals surface area contributed by atoms with Gasteiger partial charge in [0.1, 0.15) is 12.4 Å². The molecular formula is C34H39FN2O8S. The maximum Gasteiger partial charge on any atom is 0.309 e. The van der Waals surface area contributed by atoms with Crippen molar-refractivity contribution in [2.75, 3.05) is 43.8 Å². The molecule has 1 fully saturated rings. The first-order chi connectivity index (χ1) is 21.9. The first-order valence-corrected chi connectivity index (χ1v) is 17.3. The van der Waals surface area contributed by atoms with Gasteiger partial charge in [-0.05, 0) is 66.3 Å². The van der Waals surface area contributed by atoms with Gasteiger partial charge in [0.25, 0.3) is 0 Å². The van der Waals surface area contributed by atoms with Gasteiger partial charge in [0, 0.05) is 30.4 Å². The average Bonchev–Trinajstić information content (AvgIpc) is 3.63. The second kappa shape index (κ2) is 13.7. The number of carboxylic acid groups (broad SMARTS) is 1. The van der Waals surface area contributed by atoms with E-state index in [0.29, 0.717) is 16.9 Å². The number of nitrogens with zero attached hydrogens (tertiary/aromatic N) is 1. The Kier molecular flexibility index (Phi) is 9.88. The number of fused-ring (bicyclic) bond motifs is 1. The number of aryl methyl sites for hydroxylation is 3. The summed E-state index contributed by atoms with van der Waals surface area (Å²) in [5, 5.41) is 13.7. The summed E-state index contributed by atoms with van der Waals surface area (Å²) in [5.41, 5.74) is 4.98. The van der Waals surface area contributed by atoms with Crippen LogP contribution in [0.2, 0.25) is 0 Å². The van der Waals surface area contributed by atoms with Gasteiger partial charge in [0.15, 0.2) is 21.4 Å². The number of carbonyl (C=O) groups is 2. The van der Waals surface area contributed by atoms with Gasteiger partial charge in [-0.3, -0.25) is 14.5 Å². The summed E-state index contributed by atoms with van der Waals surface area (Å²) in [6, 6.07) is 13.0. The summed E-state index contributed by atoms with van der Waals surface area (Å²) >= 11 is 0. The molecule has 0 spiro atoms. The van der Waals surface area contributed by atoms with Crippen LogP contribution in [0.3, 0.4) is 0 Å². The lowest BCUT2D eigenvalue weighted by atomic mass is 9.82. The summed E-state index contributed by atoms with van der Waals surface area (Å²) < 4.78 is 54.2. The van der Waals surface area contributed by atoms with Gasteiger partial charge in [0.05, 0.1) is 18.2 Å². The summed E-state index contributed by atoms with van der Waals surface area (Å²) in [6.07, 6.45) is 2.59. The molecule has 2 heterocycles. The van der Waals surface area contributed by atoms with Crippen LogP contribution >= 0.6 is 0 Å². The van der Waals surface area contributed by atoms with Crippen molar-refractivity contribution < 1.29 is 41.7 Å². The van der Waals surface area contributed by atoms with Gasteiger partial charge >= 0.3 is 5.97 Å². The first-order valence-electron chi connectivity index (χ1n) is 15.3. The van der Waals surface area contributed by atoms with Crippen molar-refractivity contribution in [3.05, 3.63) is 82.2 Å². The number of nitrogens with one attached hydrogen (secondary N) is 1. The van der Waals surface area contributed by atoms with E-state index in [4.69, 9.17) is 14.2 Å². The predicted molar refractivity (Wildman–Crippen MR) is 171 cm³/mol. The predicted octanol–water partition coefficient (Wildman–Crippen LogP) is 4.89. The molecule has 0 bridgehead atoms. The number of halogens is 1. The molecule has 1 unspecified atom stereocenters. The quantitative estimate of drug-likeness (QED) is 0.280. The Morgan fingerprint density at radius 3 is 2.33 bits per heavy atom. The van der Waals surface area contributed by atoms with Crippen LogP contribution in [0.5, 0.6) is 17.2 Å². The molecule has 2 N–H and O–H groups in total. The maximum atomic E-state index is 15.0. The van der Waals surface area contributed by atoms with Crippen molar-refractivity contribution in [2.24, 2.45) is 5.92 Å². The minimum atomic E-state index is -3.20. The molecule has 3 atom stereocenters. The number of carbonyl (C=O) groups excluding carboxylic acids is 1. The van der Waals surface area contributed by atoms with Crippen LogP contribution in [0.15, 0.2) is 48.5 Å². The molecule has 10 nitrogen and oxygen atoms in total. The van der Waals surface area contributed by atoms with Gasteiger partial charge in [0.2, 0.25) is 18.4 Å². The molecule has 0 aromatic heterocycles. The Hall–Kier alpha value is -4.16. The molecule has 1 saturated heterocycles. The summed E-state index contributed by atoms with van der Waals surface area (Å²) in [4.78, 5) is 28.4. The number of benzene rings is 3. The number of carboxylic acids is 1. The monoisotopic (exact) mass is 654 g/mol. The standard InChI is InChI=1S/C34H39FN2O8S/c1-5-21-13-20(3)14-22(6-2)31(21)36-29(38)18-37-17-26(24-15-27(35)33-28(16-24)44-19-45-33)30(34(39)40)32(37)23-7-9-25(10-8-23)43-11-12-46(4,41)42/h7-10,13-16,26,30,32H,5-6,11-12,17-19H2,1-4H3,(H,36,38)(H,39,40)/t26-,30?,32+/m1/s1. The highest BCUT2D eigenvalue weighted by Gasteiger charge is 2.48. The SMILES string of the molecule is CCc1cc(C)cc(CC)c1NC(=O)CN1C[C@H](c2cc(F)c3c(c2)OCO3)C(C(=O)O)[C@@H]1c1ccc(OCCS(C)(=O)=O)cc1. The zero-order valence-corrected chi connectivity index (χ0v) is 27.2. The van der Waals surface area contributed by atoms with Gasteiger partial charge in [-0.15, -0.1) is 0 Å². The lowest BCUT2D eigenvalue weighted by Gasteiger charge is -2.27. The van der Waals surface area contributed by atoms with E-state index in [9.17, 15) is 23.1 Å². The Labute approximate surface area is 268 Å². The third-order valence-electron chi connectivity index (χ3n) is 8.52. The van der Waals surface area contributed by atoms with Crippen LogP contribution in [0, 0.1) is 18.7 Å². The third kappa shape index (κ3) is 7.28. The second-order valence-electron chi connectivity index (χ2n) is 11.8. The van der Waals surface area contributed by atoms with Gasteiger partial charge in [-0.1, -0.05) is 43.7 Å². The lowest BCUT2D eigenvalue weighted by molar-refractivity contribution is -0.143. The molecule has 3 aromatic rings. The molecule has 246 valence electrons. The van der Waals surface area contributed by atoms with E-state index < -0.39 is 39.5 Å². The molecule has 46 heavy (non-hydrogen) atoms. The molecule has 1 amide bonds. The number of aliphatic carboxylic acids is 1. The second-order valence-corrected chi connectivity index (χ2v) is 14.1. The number of likely N-dealkylation sites (tertiary alicyclic amines) is 1. The highest BCUT2D eigenvalue weighted by atomic mass is 32.2. The van der Waals surface area contributed by atoms with E-state index >= 15 is 4.39 Å². The van der Waals surface area contributed by atoms with Crippen molar-refractivity contribution in [1.82, 2.24) is 4.90 Å². The van der Waals surface area contributed by atoms with E-state index in [-0.39, 0.29) is 49.6 Å². The summed E-state index contributed by atoms with van der Waals surface area (Å²) in [7, 11) is -3.20. The zero-order chi connectivity index (χ0) is 33.2. The van der Waals surface area contributed by atoms with Crippen LogP contribution < -0.4 is 19.5 Å². The number of hydrogen-bond acceptors (Lipinski definition) is 8. The van der Waals surface area contributed by atoms with E-state index in [1.54, 1.807) is 30.3 Å². The normalized spacial score (nSPS) is 19.3. The largest absolute Gasteiger partial charge is 0.493 e. The molecule has 3 aromatic carbocycles. The van der Waals surface area contributed by atoms with Crippen LogP contribution in [0.25, 0.3) is 0 Å². The maximum absolute atomic E-state index is 15.0. The zero-order valence-electron chi connectivity index (χ0n) is 26.3. The third-order valence-corrected chi connectivity index (χ3v) is 9.43. The smallest absolute Gasteiger partial charge is 0.309 e. The molecule has 5 rings (SSSR count). The topological polar surface area (TPSA) is 131 Å². The van der Waals surface area contributed by atoms with Crippen LogP contribution in [-0.2, 0) is 32.3 Å². The van der Waals surface area contributed by atoms with Crippen LogP contribution in [0.4, 0.5) is 10.1 Å². The van der Waals surface area contributed by atoms with E-state index in [1.165, 1.54) is 6.07 Å². The fraction of sp³-hybridized carbons (Fsp3) is 0.412. The van der Waals surface area contributed by atoms with Gasteiger partial charge < -0.3 is 24.6 Å². The van der Waals surface area contributed by atoms with Crippen LogP contribution in [0.1, 0.15) is 53.6 Å². The molecular weight excluding hydrogens is 615 g/mol. The fourth-order valence-corrected chi connectivity index (χ4v) is 6.81. The number of hydrogen-bond donors (Lipinski definition) is 2. The molecule has 2 aliphatic rings. The Bertz CT molecular complexity index is 1700. The number of ether oxygens (including phenoxy) is 3. The average molecular weight is 655 g/mol. The summed E-state index contributed by atoms with van der Waals surface area (Å²) in [5.74, 6) is -3.26. The van der Waals surface area contributed by atoms with Crippen LogP contribution in [-0.4, -0.2) is 68.8 Å². The van der Waals surface area contributed by atoms with Gasteiger partial charge in [-0.2, -0.15) is 0 Å². The highest BCUT2D eigenvalue weighted by molar-refractivity contribution is 7.90. The number of amides is 1. The minimum absolute atomic E-state index is 0.00979. The Balaban J connectivity index is 1.48. The van der Waals surface area contributed by atoms with Crippen molar-refractivity contribution in [3.8, 4) is 17.2 Å². The first kappa shape index (κ1) is 33.2. The van der Waals surface area contributed by atoms with E-state index in [0.717, 1.165) is 41.5 Å². The molecule has 12 heteroatoms. The van der Waals surface area contributed by atoms with Crippen molar-refractivity contribution in [2.45, 2.75) is 45.6 Å². The molecule has 2 aliphatic heterocycles. The molecule has 0 aliphatic carbocycles. The molecule has 0 saturated carbocycles. The van der Waals surface area contributed by atoms with Crippen molar-refractivity contribution in [1.29, 1.82) is 0 Å². The highest BCUT2D eigenvalue weighted by Crippen LogP contribution is 2.48. The minimum Gasteiger partial charge on any atom is -0.493 e. The van der Waals surface area contributed by atoms with Gasteiger partial charge in [-0.25, -0.2) is 12.8 Å². The van der Waals surface area contributed by atoms with Crippen molar-refractivity contribution >= 4 is 27.4 Å². The van der Waals surface area contributed by atoms with E-state index in [2.05, 4.69) is 17.4 Å². The Morgan fingerprint density at radius 2 is 1.72 bits per heavy atom. The molecule has 0 radical (unpaired) electrons. The summed E-state index contributed by atoms with van der Waals surface area (Å²) in [6.45, 7) is 5.98. The van der Waals surface area contributed by atoms with Crippen molar-refractivity contribution in [3.63, 3.8) is 0 Å². The number of sulfone groups is 1. The fourth-order valence-electron chi connectivity index (χ4n) is 6.42.